The number of rotatable bonds is 5. The van der Waals surface area contributed by atoms with E-state index in [1.54, 1.807) is 0 Å². The number of hydrogen-bond acceptors (Lipinski definition) is 3. The Morgan fingerprint density at radius 3 is 2.42 bits per heavy atom. The van der Waals surface area contributed by atoms with Crippen molar-refractivity contribution < 1.29 is 0 Å². The number of piperazine rings is 1. The van der Waals surface area contributed by atoms with Crippen molar-refractivity contribution in [2.75, 3.05) is 44.2 Å². The lowest BCUT2D eigenvalue weighted by atomic mass is 10.1. The van der Waals surface area contributed by atoms with Crippen molar-refractivity contribution in [3.05, 3.63) is 29.3 Å². The number of aryl methyl sites for hydroxylation is 1. The summed E-state index contributed by atoms with van der Waals surface area (Å²) in [6.07, 6.45) is 0. The molecule has 0 saturated carbocycles. The molecule has 1 fully saturated rings. The van der Waals surface area contributed by atoms with Crippen LogP contribution >= 0.6 is 0 Å². The second-order valence-corrected chi connectivity index (χ2v) is 5.31. The van der Waals surface area contributed by atoms with Gasteiger partial charge in [0.2, 0.25) is 0 Å². The third-order valence-corrected chi connectivity index (χ3v) is 4.08. The first-order valence-electron chi connectivity index (χ1n) is 7.52. The first kappa shape index (κ1) is 14.4. The normalized spacial score (nSPS) is 16.9. The molecule has 1 aromatic carbocycles. The Bertz CT molecular complexity index is 395. The van der Waals surface area contributed by atoms with Gasteiger partial charge in [-0.15, -0.1) is 0 Å². The average molecular weight is 261 g/mol. The zero-order chi connectivity index (χ0) is 13.7. The molecule has 106 valence electrons. The average Bonchev–Trinajstić information content (AvgIpc) is 2.46. The molecule has 19 heavy (non-hydrogen) atoms. The van der Waals surface area contributed by atoms with E-state index in [2.05, 4.69) is 54.1 Å². The highest BCUT2D eigenvalue weighted by Gasteiger charge is 2.16. The van der Waals surface area contributed by atoms with E-state index in [4.69, 9.17) is 0 Å². The highest BCUT2D eigenvalue weighted by molar-refractivity contribution is 5.51. The fraction of sp³-hybridized carbons (Fsp3) is 0.625. The number of nitrogens with one attached hydrogen (secondary N) is 1. The fourth-order valence-corrected chi connectivity index (χ4v) is 2.66. The minimum atomic E-state index is 0.978. The number of nitrogens with zero attached hydrogens (tertiary/aromatic N) is 2. The zero-order valence-electron chi connectivity index (χ0n) is 12.6. The van der Waals surface area contributed by atoms with Crippen LogP contribution in [-0.2, 0) is 6.54 Å². The van der Waals surface area contributed by atoms with Crippen molar-refractivity contribution in [3.63, 3.8) is 0 Å². The van der Waals surface area contributed by atoms with Gasteiger partial charge in [0.25, 0.3) is 0 Å². The van der Waals surface area contributed by atoms with Crippen LogP contribution in [0.2, 0.25) is 0 Å². The monoisotopic (exact) mass is 261 g/mol. The van der Waals surface area contributed by atoms with Crippen LogP contribution in [0.5, 0.6) is 0 Å². The molecule has 3 nitrogen and oxygen atoms in total. The van der Waals surface area contributed by atoms with Gasteiger partial charge >= 0.3 is 0 Å². The number of likely N-dealkylation sites (N-methyl/N-ethyl adjacent to an activating group) is 1. The van der Waals surface area contributed by atoms with Crippen molar-refractivity contribution in [2.24, 2.45) is 0 Å². The molecule has 1 N–H and O–H groups in total. The molecule has 1 aliphatic heterocycles. The highest BCUT2D eigenvalue weighted by atomic mass is 15.3. The first-order valence-corrected chi connectivity index (χ1v) is 7.52. The van der Waals surface area contributed by atoms with Crippen LogP contribution in [0.15, 0.2) is 18.2 Å². The van der Waals surface area contributed by atoms with Crippen LogP contribution in [0.1, 0.15) is 25.0 Å². The number of hydrogen-bond donors (Lipinski definition) is 1. The maximum Gasteiger partial charge on any atom is 0.0369 e. The van der Waals surface area contributed by atoms with Crippen LogP contribution in [-0.4, -0.2) is 44.2 Å². The molecule has 0 amide bonds. The maximum absolute atomic E-state index is 3.40. The third-order valence-electron chi connectivity index (χ3n) is 4.08. The molecule has 0 aromatic heterocycles. The molecule has 1 aromatic rings. The summed E-state index contributed by atoms with van der Waals surface area (Å²) in [5.74, 6) is 0. The summed E-state index contributed by atoms with van der Waals surface area (Å²) in [4.78, 5) is 5.03. The lowest BCUT2D eigenvalue weighted by molar-refractivity contribution is 0.271. The fourth-order valence-electron chi connectivity index (χ4n) is 2.66. The smallest absolute Gasteiger partial charge is 0.0369 e. The van der Waals surface area contributed by atoms with Gasteiger partial charge in [0.05, 0.1) is 0 Å². The van der Waals surface area contributed by atoms with Crippen molar-refractivity contribution in [1.82, 2.24) is 10.2 Å². The van der Waals surface area contributed by atoms with Crippen molar-refractivity contribution in [2.45, 2.75) is 27.3 Å². The molecular weight excluding hydrogens is 234 g/mol. The van der Waals surface area contributed by atoms with E-state index >= 15 is 0 Å². The lowest BCUT2D eigenvalue weighted by Gasteiger charge is -2.35. The molecular formula is C16H27N3. The Labute approximate surface area is 117 Å². The molecule has 0 radical (unpaired) electrons. The van der Waals surface area contributed by atoms with E-state index in [-0.39, 0.29) is 0 Å². The SMILES string of the molecule is CCNCc1ccc(N2CCN(CC)CC2)cc1C. The van der Waals surface area contributed by atoms with E-state index in [0.717, 1.165) is 26.2 Å². The van der Waals surface area contributed by atoms with Gasteiger partial charge in [-0.2, -0.15) is 0 Å². The molecule has 0 aliphatic carbocycles. The van der Waals surface area contributed by atoms with Gasteiger partial charge in [-0.05, 0) is 43.3 Å². The summed E-state index contributed by atoms with van der Waals surface area (Å²) in [5.41, 5.74) is 4.20. The Balaban J connectivity index is 1.99. The summed E-state index contributed by atoms with van der Waals surface area (Å²) >= 11 is 0. The van der Waals surface area contributed by atoms with E-state index in [0.29, 0.717) is 0 Å². The van der Waals surface area contributed by atoms with E-state index < -0.39 is 0 Å². The summed E-state index contributed by atoms with van der Waals surface area (Å²) < 4.78 is 0. The van der Waals surface area contributed by atoms with Crippen molar-refractivity contribution >= 4 is 5.69 Å². The molecule has 0 spiro atoms. The second kappa shape index (κ2) is 6.92. The van der Waals surface area contributed by atoms with Crippen molar-refractivity contribution in [1.29, 1.82) is 0 Å². The van der Waals surface area contributed by atoms with Gasteiger partial charge in [-0.25, -0.2) is 0 Å². The van der Waals surface area contributed by atoms with E-state index in [1.165, 1.54) is 36.4 Å². The molecule has 3 heteroatoms. The summed E-state index contributed by atoms with van der Waals surface area (Å²) in [7, 11) is 0. The Morgan fingerprint density at radius 2 is 1.84 bits per heavy atom. The van der Waals surface area contributed by atoms with E-state index in [9.17, 15) is 0 Å². The maximum atomic E-state index is 3.40. The molecule has 1 saturated heterocycles. The summed E-state index contributed by atoms with van der Waals surface area (Å²) in [6.45, 7) is 14.5. The third kappa shape index (κ3) is 3.71. The predicted octanol–water partition coefficient (Wildman–Crippen LogP) is 2.25. The molecule has 1 aliphatic rings. The molecule has 0 unspecified atom stereocenters. The Hall–Kier alpha value is -1.06. The Kier molecular flexibility index (Phi) is 5.23. The summed E-state index contributed by atoms with van der Waals surface area (Å²) in [5, 5.41) is 3.40. The molecule has 0 atom stereocenters. The second-order valence-electron chi connectivity index (χ2n) is 5.31. The van der Waals surface area contributed by atoms with E-state index in [1.807, 2.05) is 0 Å². The lowest BCUT2D eigenvalue weighted by Crippen LogP contribution is -2.46. The zero-order valence-corrected chi connectivity index (χ0v) is 12.6. The van der Waals surface area contributed by atoms with Gasteiger partial charge in [0.1, 0.15) is 0 Å². The summed E-state index contributed by atoms with van der Waals surface area (Å²) in [6, 6.07) is 6.90. The van der Waals surface area contributed by atoms with Gasteiger partial charge in [-0.1, -0.05) is 19.9 Å². The van der Waals surface area contributed by atoms with Crippen LogP contribution in [0.3, 0.4) is 0 Å². The highest BCUT2D eigenvalue weighted by Crippen LogP contribution is 2.20. The number of benzene rings is 1. The van der Waals surface area contributed by atoms with Gasteiger partial charge in [0.15, 0.2) is 0 Å². The largest absolute Gasteiger partial charge is 0.369 e. The van der Waals surface area contributed by atoms with Gasteiger partial charge < -0.3 is 15.1 Å². The molecule has 1 heterocycles. The first-order chi connectivity index (χ1) is 9.24. The minimum absolute atomic E-state index is 0.978. The quantitative estimate of drug-likeness (QED) is 0.877. The van der Waals surface area contributed by atoms with Crippen LogP contribution < -0.4 is 10.2 Å². The van der Waals surface area contributed by atoms with Crippen LogP contribution in [0.4, 0.5) is 5.69 Å². The molecule has 2 rings (SSSR count). The topological polar surface area (TPSA) is 18.5 Å². The van der Waals surface area contributed by atoms with Gasteiger partial charge in [-0.3, -0.25) is 0 Å². The van der Waals surface area contributed by atoms with Crippen molar-refractivity contribution in [3.8, 4) is 0 Å². The standard InChI is InChI=1S/C16H27N3/c1-4-17-13-15-6-7-16(12-14(15)3)19-10-8-18(5-2)9-11-19/h6-7,12,17H,4-5,8-11,13H2,1-3H3. The van der Waals surface area contributed by atoms with Crippen LogP contribution in [0, 0.1) is 6.92 Å². The minimum Gasteiger partial charge on any atom is -0.369 e. The van der Waals surface area contributed by atoms with Gasteiger partial charge in [0, 0.05) is 38.4 Å². The molecule has 0 bridgehead atoms. The van der Waals surface area contributed by atoms with Crippen LogP contribution in [0.25, 0.3) is 0 Å². The predicted molar refractivity (Wildman–Crippen MR) is 82.9 cm³/mol. The Morgan fingerprint density at radius 1 is 1.11 bits per heavy atom. The number of anilines is 1.